The number of hydrogen-bond donors (Lipinski definition) is 2. The van der Waals surface area contributed by atoms with Gasteiger partial charge in [-0.2, -0.15) is 9.97 Å². The lowest BCUT2D eigenvalue weighted by Gasteiger charge is -2.19. The van der Waals surface area contributed by atoms with Crippen LogP contribution in [-0.4, -0.2) is 92.5 Å². The molecule has 2 aromatic rings. The minimum absolute atomic E-state index is 0.634. The van der Waals surface area contributed by atoms with Crippen LogP contribution in [0.3, 0.4) is 0 Å². The molecule has 4 rings (SSSR count). The van der Waals surface area contributed by atoms with Crippen LogP contribution in [0.2, 0.25) is 0 Å². The van der Waals surface area contributed by atoms with Crippen LogP contribution in [-0.2, 0) is 9.59 Å². The number of nitrogens with zero attached hydrogens (tertiary/aromatic N) is 6. The Kier molecular flexibility index (Phi) is 9.22. The summed E-state index contributed by atoms with van der Waals surface area (Å²) in [7, 11) is 4.21. The number of carboxylic acid groups (broad SMARTS) is 2. The van der Waals surface area contributed by atoms with Gasteiger partial charge < -0.3 is 29.1 Å². The Morgan fingerprint density at radius 1 is 0.812 bits per heavy atom. The molecule has 0 aliphatic carbocycles. The van der Waals surface area contributed by atoms with Gasteiger partial charge >= 0.3 is 11.9 Å². The maximum absolute atomic E-state index is 9.10. The highest BCUT2D eigenvalue weighted by Crippen LogP contribution is 2.19. The van der Waals surface area contributed by atoms with Gasteiger partial charge in [0.2, 0.25) is 11.8 Å². The third kappa shape index (κ3) is 8.04. The average molecular weight is 448 g/mol. The molecule has 0 radical (unpaired) electrons. The summed E-state index contributed by atoms with van der Waals surface area (Å²) in [5, 5.41) is 22.6. The van der Waals surface area contributed by atoms with Crippen LogP contribution in [0.15, 0.2) is 21.2 Å². The lowest BCUT2D eigenvalue weighted by molar-refractivity contribution is -0.159. The molecule has 174 valence electrons. The predicted molar refractivity (Wildman–Crippen MR) is 114 cm³/mol. The fraction of sp³-hybridized carbons (Fsp3) is 0.500. The Labute approximate surface area is 185 Å². The second-order valence-electron chi connectivity index (χ2n) is 7.37. The van der Waals surface area contributed by atoms with Crippen LogP contribution >= 0.6 is 0 Å². The minimum atomic E-state index is -1.82. The van der Waals surface area contributed by atoms with Crippen molar-refractivity contribution in [3.05, 3.63) is 35.6 Å². The van der Waals surface area contributed by atoms with E-state index in [4.69, 9.17) is 28.8 Å². The molecule has 12 heteroatoms. The van der Waals surface area contributed by atoms with Gasteiger partial charge in [0.05, 0.1) is 0 Å². The van der Waals surface area contributed by atoms with E-state index in [1.165, 1.54) is 11.1 Å². The molecule has 0 bridgehead atoms. The quantitative estimate of drug-likeness (QED) is 0.636. The fourth-order valence-corrected chi connectivity index (χ4v) is 2.81. The molecular weight excluding hydrogens is 420 g/mol. The normalized spacial score (nSPS) is 16.6. The Bertz CT molecular complexity index is 901. The van der Waals surface area contributed by atoms with E-state index in [-0.39, 0.29) is 0 Å². The first kappa shape index (κ1) is 24.9. The molecule has 2 aromatic heterocycles. The summed E-state index contributed by atoms with van der Waals surface area (Å²) in [5.74, 6) is -0.870. The molecule has 2 aliphatic rings. The molecule has 0 spiro atoms. The molecule has 32 heavy (non-hydrogen) atoms. The number of likely N-dealkylation sites (N-methyl/N-ethyl adjacent to an activating group) is 2. The van der Waals surface area contributed by atoms with Crippen LogP contribution in [0.25, 0.3) is 11.1 Å². The van der Waals surface area contributed by atoms with Crippen molar-refractivity contribution < 1.29 is 28.8 Å². The van der Waals surface area contributed by atoms with Crippen molar-refractivity contribution in [3.63, 3.8) is 0 Å². The largest absolute Gasteiger partial charge is 0.473 e. The van der Waals surface area contributed by atoms with E-state index < -0.39 is 11.9 Å². The Morgan fingerprint density at radius 3 is 1.41 bits per heavy atom. The summed E-state index contributed by atoms with van der Waals surface area (Å²) >= 11 is 0. The molecule has 0 atom stereocenters. The lowest BCUT2D eigenvalue weighted by atomic mass is 10.1. The maximum atomic E-state index is 9.10. The van der Waals surface area contributed by atoms with Crippen molar-refractivity contribution in [1.29, 1.82) is 0 Å². The molecule has 2 aliphatic heterocycles. The van der Waals surface area contributed by atoms with Crippen molar-refractivity contribution in [2.75, 3.05) is 40.3 Å². The highest BCUT2D eigenvalue weighted by molar-refractivity contribution is 6.27. The number of aromatic nitrogens is 4. The monoisotopic (exact) mass is 448 g/mol. The van der Waals surface area contributed by atoms with Gasteiger partial charge in [0.1, 0.15) is 0 Å². The van der Waals surface area contributed by atoms with Crippen molar-refractivity contribution in [3.8, 4) is 0 Å². The van der Waals surface area contributed by atoms with E-state index >= 15 is 0 Å². The second-order valence-corrected chi connectivity index (χ2v) is 7.37. The van der Waals surface area contributed by atoms with Crippen LogP contribution < -0.4 is 0 Å². The van der Waals surface area contributed by atoms with E-state index in [0.717, 1.165) is 50.7 Å². The van der Waals surface area contributed by atoms with Gasteiger partial charge in [-0.15, -0.1) is 0 Å². The first-order chi connectivity index (χ1) is 15.2. The van der Waals surface area contributed by atoms with Gasteiger partial charge in [-0.1, -0.05) is 22.5 Å². The van der Waals surface area contributed by atoms with E-state index in [1.54, 1.807) is 0 Å². The molecule has 0 saturated heterocycles. The summed E-state index contributed by atoms with van der Waals surface area (Å²) in [6.45, 7) is 7.71. The molecule has 0 aromatic carbocycles. The van der Waals surface area contributed by atoms with Crippen molar-refractivity contribution in [1.82, 2.24) is 30.1 Å². The molecule has 2 N–H and O–H groups in total. The third-order valence-electron chi connectivity index (χ3n) is 4.64. The summed E-state index contributed by atoms with van der Waals surface area (Å²) in [5.41, 5.74) is 2.41. The van der Waals surface area contributed by atoms with Crippen LogP contribution in [0.5, 0.6) is 0 Å². The topological polar surface area (TPSA) is 159 Å². The zero-order valence-electron chi connectivity index (χ0n) is 18.6. The van der Waals surface area contributed by atoms with E-state index in [1.807, 2.05) is 13.8 Å². The number of carbonyl (C=O) groups is 2. The van der Waals surface area contributed by atoms with Gasteiger partial charge in [-0.25, -0.2) is 9.59 Å². The standard InChI is InChI=1S/2C9H13N3O.C2H2O4/c2*1-7-10-9(11-13-7)8-3-5-12(2)6-4-8;3-1(4)2(5)6/h2*3H,4-6H2,1-2H3;(H,3,4)(H,5,6). The highest BCUT2D eigenvalue weighted by atomic mass is 16.5. The summed E-state index contributed by atoms with van der Waals surface area (Å²) in [6.07, 6.45) is 6.34. The molecule has 12 nitrogen and oxygen atoms in total. The molecule has 0 fully saturated rings. The van der Waals surface area contributed by atoms with Gasteiger partial charge in [-0.05, 0) is 38.1 Å². The molecule has 0 saturated carbocycles. The van der Waals surface area contributed by atoms with E-state index in [2.05, 4.69) is 56.3 Å². The zero-order chi connectivity index (χ0) is 23.7. The second kappa shape index (κ2) is 11.9. The summed E-state index contributed by atoms with van der Waals surface area (Å²) in [4.78, 5) is 31.1. The number of hydrogen-bond acceptors (Lipinski definition) is 10. The Hall–Kier alpha value is -3.38. The lowest BCUT2D eigenvalue weighted by Crippen LogP contribution is -2.23. The first-order valence-electron chi connectivity index (χ1n) is 9.98. The van der Waals surface area contributed by atoms with Crippen LogP contribution in [0, 0.1) is 13.8 Å². The predicted octanol–water partition coefficient (Wildman–Crippen LogP) is 1.35. The molecular formula is C20H28N6O6. The van der Waals surface area contributed by atoms with Gasteiger partial charge in [0.25, 0.3) is 0 Å². The Morgan fingerprint density at radius 2 is 1.19 bits per heavy atom. The average Bonchev–Trinajstić information content (AvgIpc) is 3.38. The smallest absolute Gasteiger partial charge is 0.414 e. The molecule has 4 heterocycles. The molecule has 0 unspecified atom stereocenters. The number of carboxylic acids is 2. The van der Waals surface area contributed by atoms with E-state index in [9.17, 15) is 0 Å². The van der Waals surface area contributed by atoms with Crippen molar-refractivity contribution >= 4 is 23.1 Å². The van der Waals surface area contributed by atoms with Gasteiger partial charge in [-0.3, -0.25) is 0 Å². The SMILES string of the molecule is Cc1nc(C2=CCN(C)CC2)no1.Cc1nc(C2=CCN(C)CC2)no1.O=C(O)C(=O)O. The number of aryl methyl sites for hydroxylation is 2. The summed E-state index contributed by atoms with van der Waals surface area (Å²) in [6, 6.07) is 0. The Balaban J connectivity index is 0.000000183. The number of rotatable bonds is 2. The maximum Gasteiger partial charge on any atom is 0.414 e. The van der Waals surface area contributed by atoms with E-state index in [0.29, 0.717) is 11.8 Å². The van der Waals surface area contributed by atoms with Gasteiger partial charge in [0.15, 0.2) is 11.6 Å². The van der Waals surface area contributed by atoms with Crippen molar-refractivity contribution in [2.24, 2.45) is 0 Å². The zero-order valence-corrected chi connectivity index (χ0v) is 18.6. The number of aliphatic carboxylic acids is 2. The first-order valence-corrected chi connectivity index (χ1v) is 9.98. The minimum Gasteiger partial charge on any atom is -0.473 e. The molecule has 0 amide bonds. The third-order valence-corrected chi connectivity index (χ3v) is 4.64. The van der Waals surface area contributed by atoms with Crippen LogP contribution in [0.1, 0.15) is 36.3 Å². The fourth-order valence-electron chi connectivity index (χ4n) is 2.81. The van der Waals surface area contributed by atoms with Crippen molar-refractivity contribution in [2.45, 2.75) is 26.7 Å². The highest BCUT2D eigenvalue weighted by Gasteiger charge is 2.14. The summed E-state index contributed by atoms with van der Waals surface area (Å²) < 4.78 is 9.86. The van der Waals surface area contributed by atoms with Gasteiger partial charge in [0, 0.05) is 40.0 Å². The van der Waals surface area contributed by atoms with Crippen LogP contribution in [0.4, 0.5) is 0 Å².